The zero-order chi connectivity index (χ0) is 43.1. The first-order valence-electron chi connectivity index (χ1n) is 23.7. The molecule has 0 saturated heterocycles. The van der Waals surface area contributed by atoms with Crippen molar-refractivity contribution in [1.29, 1.82) is 0 Å². The average molecular weight is 962 g/mol. The summed E-state index contributed by atoms with van der Waals surface area (Å²) < 4.78 is 42.9. The van der Waals surface area contributed by atoms with E-state index in [0.717, 1.165) is 25.7 Å². The Morgan fingerprint density at radius 1 is 0.623 bits per heavy atom. The normalized spacial score (nSPS) is 21.7. The SMILES string of the molecule is CCC(C)c1ccc(-c2cccc3c2C=C(CC2CCCC2)[CH]3[Zr]([Cl])([Cl])([CH]2C(CC3CCCC3)=Cc3c(-c4ccc(C(C)CC)cc4)cccc32)[SiH](C)CCC(F)(F)F)cc1. The molecule has 0 bridgehead atoms. The average Bonchev–Trinajstić information content (AvgIpc) is 4.09. The molecule has 0 amide bonds. The molecule has 2 fully saturated rings. The van der Waals surface area contributed by atoms with Gasteiger partial charge in [0.15, 0.2) is 0 Å². The van der Waals surface area contributed by atoms with E-state index in [1.54, 1.807) is 0 Å². The third-order valence-corrected chi connectivity index (χ3v) is 66.2. The van der Waals surface area contributed by atoms with Crippen molar-refractivity contribution in [2.75, 3.05) is 0 Å². The van der Waals surface area contributed by atoms with E-state index in [1.807, 2.05) is 0 Å². The molecule has 325 valence electrons. The van der Waals surface area contributed by atoms with Crippen LogP contribution in [0.15, 0.2) is 96.1 Å². The molecule has 2 saturated carbocycles. The summed E-state index contributed by atoms with van der Waals surface area (Å²) in [5, 5.41) is 0. The molecule has 0 nitrogen and oxygen atoms in total. The summed E-state index contributed by atoms with van der Waals surface area (Å²) >= 11 is -5.65. The number of halogens is 5. The molecule has 4 aliphatic rings. The number of alkyl halides is 3. The quantitative estimate of drug-likeness (QED) is 0.104. The first-order valence-corrected chi connectivity index (χ1v) is 39.7. The zero-order valence-corrected chi connectivity index (χ0v) is 42.2. The van der Waals surface area contributed by atoms with Crippen LogP contribution in [0, 0.1) is 11.8 Å². The molecule has 5 atom stereocenters. The van der Waals surface area contributed by atoms with Gasteiger partial charge < -0.3 is 0 Å². The van der Waals surface area contributed by atoms with Gasteiger partial charge in [-0.3, -0.25) is 0 Å². The molecule has 4 aromatic rings. The van der Waals surface area contributed by atoms with E-state index in [4.69, 9.17) is 17.0 Å². The number of hydrogen-bond acceptors (Lipinski definition) is 0. The van der Waals surface area contributed by atoms with Crippen molar-refractivity contribution in [3.05, 3.63) is 129 Å². The molecule has 4 aliphatic carbocycles. The van der Waals surface area contributed by atoms with Gasteiger partial charge in [-0.25, -0.2) is 0 Å². The second kappa shape index (κ2) is 18.4. The van der Waals surface area contributed by atoms with Gasteiger partial charge in [-0.1, -0.05) is 0 Å². The van der Waals surface area contributed by atoms with Crippen LogP contribution in [0.1, 0.15) is 164 Å². The minimum atomic E-state index is -5.65. The summed E-state index contributed by atoms with van der Waals surface area (Å²) in [6.07, 6.45) is 13.4. The molecule has 61 heavy (non-hydrogen) atoms. The number of fused-ring (bicyclic) bond motifs is 2. The van der Waals surface area contributed by atoms with E-state index in [0.29, 0.717) is 23.7 Å². The Kier molecular flexibility index (Phi) is 13.7. The second-order valence-corrected chi connectivity index (χ2v) is 61.1. The van der Waals surface area contributed by atoms with Crippen LogP contribution in [-0.2, 0) is 15.6 Å². The van der Waals surface area contributed by atoms with Gasteiger partial charge in [0.25, 0.3) is 0 Å². The van der Waals surface area contributed by atoms with E-state index >= 15 is 0 Å². The van der Waals surface area contributed by atoms with Crippen LogP contribution in [-0.4, -0.2) is 12.1 Å². The van der Waals surface area contributed by atoms with Gasteiger partial charge in [-0.2, -0.15) is 0 Å². The molecular weight excluding hydrogens is 896 g/mol. The van der Waals surface area contributed by atoms with Crippen molar-refractivity contribution in [2.24, 2.45) is 11.8 Å². The molecule has 0 heterocycles. The summed E-state index contributed by atoms with van der Waals surface area (Å²) in [5.41, 5.74) is 14.7. The summed E-state index contributed by atoms with van der Waals surface area (Å²) in [6.45, 7) is 11.2. The minimum absolute atomic E-state index is 0.0698. The molecule has 4 aromatic carbocycles. The number of benzene rings is 4. The molecule has 5 unspecified atom stereocenters. The van der Waals surface area contributed by atoms with E-state index in [2.05, 4.69) is 131 Å². The zero-order valence-electron chi connectivity index (χ0n) is 37.1. The summed E-state index contributed by atoms with van der Waals surface area (Å²) in [7, 11) is 18.1. The van der Waals surface area contributed by atoms with E-state index in [-0.39, 0.29) is 13.3 Å². The second-order valence-electron chi connectivity index (χ2n) is 19.8. The van der Waals surface area contributed by atoms with Gasteiger partial charge >= 0.3 is 376 Å². The van der Waals surface area contributed by atoms with Gasteiger partial charge in [-0.15, -0.1) is 0 Å². The molecule has 0 spiro atoms. The van der Waals surface area contributed by atoms with Gasteiger partial charge in [0.1, 0.15) is 0 Å². The Morgan fingerprint density at radius 2 is 1.02 bits per heavy atom. The standard InChI is InChI=1S/2C25H29.C4H8F3Si.2ClH.Zr/c2*1-3-18(2)21-11-13-22(14-12-21)24-10-6-9-23-16-20(17-25(23)24)15-19-7-4-5-8-19;1-8-3-2-4(5,6)7;;;/h2*6,9-14,16-19H,3-5,7-8,15H2,1-2H3;8H,2-3H2,1H3;2*1H;/q;;;;;+2/p-2. The first-order chi connectivity index (χ1) is 29.2. The fraction of sp³-hybridized carbons (Fsp3) is 0.481. The Balaban J connectivity index is 1.34. The van der Waals surface area contributed by atoms with Gasteiger partial charge in [0.2, 0.25) is 0 Å². The van der Waals surface area contributed by atoms with Crippen LogP contribution in [0.3, 0.4) is 0 Å². The van der Waals surface area contributed by atoms with Crippen LogP contribution >= 0.6 is 17.0 Å². The van der Waals surface area contributed by atoms with E-state index < -0.39 is 34.1 Å². The molecule has 7 heteroatoms. The van der Waals surface area contributed by atoms with E-state index in [1.165, 1.54) is 118 Å². The van der Waals surface area contributed by atoms with Crippen LogP contribution in [0.5, 0.6) is 0 Å². The van der Waals surface area contributed by atoms with Crippen molar-refractivity contribution < 1.29 is 28.7 Å². The molecule has 0 aliphatic heterocycles. The summed E-state index contributed by atoms with van der Waals surface area (Å²) in [4.78, 5) is 0. The third-order valence-electron chi connectivity index (χ3n) is 16.0. The maximum absolute atomic E-state index is 14.5. The van der Waals surface area contributed by atoms with Crippen LogP contribution in [0.2, 0.25) is 12.6 Å². The van der Waals surface area contributed by atoms with Crippen molar-refractivity contribution in [3.63, 3.8) is 0 Å². The molecule has 0 aromatic heterocycles. The molecule has 0 radical (unpaired) electrons. The van der Waals surface area contributed by atoms with Crippen molar-refractivity contribution >= 4 is 35.1 Å². The van der Waals surface area contributed by atoms with Gasteiger partial charge in [-0.05, 0) is 0 Å². The fourth-order valence-electron chi connectivity index (χ4n) is 12.0. The van der Waals surface area contributed by atoms with Gasteiger partial charge in [0, 0.05) is 0 Å². The maximum atomic E-state index is 14.5. The Hall–Kier alpha value is -2.17. The van der Waals surface area contributed by atoms with Crippen LogP contribution < -0.4 is 0 Å². The first kappa shape index (κ1) is 45.4. The molecule has 8 rings (SSSR count). The number of rotatable bonds is 15. The molecular formula is C54H66Cl2F3SiZr. The topological polar surface area (TPSA) is 0 Å². The number of allylic oxidation sites excluding steroid dienone is 2. The Morgan fingerprint density at radius 3 is 1.38 bits per heavy atom. The van der Waals surface area contributed by atoms with Crippen LogP contribution in [0.4, 0.5) is 13.2 Å². The molecule has 0 N–H and O–H groups in total. The predicted molar refractivity (Wildman–Crippen MR) is 256 cm³/mol. The monoisotopic (exact) mass is 959 g/mol. The summed E-state index contributed by atoms with van der Waals surface area (Å²) in [5.74, 6) is -0.492. The van der Waals surface area contributed by atoms with E-state index in [9.17, 15) is 13.2 Å². The Bertz CT molecular complexity index is 2100. The summed E-state index contributed by atoms with van der Waals surface area (Å²) in [6, 6.07) is 31.5. The van der Waals surface area contributed by atoms with Gasteiger partial charge in [0.05, 0.1) is 0 Å². The van der Waals surface area contributed by atoms with Crippen molar-refractivity contribution in [3.8, 4) is 22.3 Å². The van der Waals surface area contributed by atoms with Crippen LogP contribution in [0.25, 0.3) is 34.4 Å². The fourth-order valence-corrected chi connectivity index (χ4v) is 52.1. The van der Waals surface area contributed by atoms with Crippen molar-refractivity contribution in [2.45, 2.75) is 149 Å². The predicted octanol–water partition coefficient (Wildman–Crippen LogP) is 18.1. The van der Waals surface area contributed by atoms with Crippen molar-refractivity contribution in [1.82, 2.24) is 0 Å². The third kappa shape index (κ3) is 8.96. The Labute approximate surface area is 373 Å². The number of hydrogen-bond donors (Lipinski definition) is 0.